The number of rotatable bonds is 4. The minimum atomic E-state index is -4.66. The van der Waals surface area contributed by atoms with Crippen LogP contribution in [-0.4, -0.2) is 19.5 Å². The largest absolute Gasteiger partial charge is 0.522 e. The van der Waals surface area contributed by atoms with Crippen LogP contribution in [0.25, 0.3) is 0 Å². The van der Waals surface area contributed by atoms with Gasteiger partial charge in [0.2, 0.25) is 0 Å². The van der Waals surface area contributed by atoms with Gasteiger partial charge >= 0.3 is 6.36 Å². The van der Waals surface area contributed by atoms with Crippen LogP contribution in [0.15, 0.2) is 18.2 Å². The Balaban J connectivity index is 2.40. The molecule has 1 N–H and O–H groups in total. The van der Waals surface area contributed by atoms with Gasteiger partial charge in [-0.25, -0.2) is 4.39 Å². The molecule has 2 nitrogen and oxygen atoms in total. The van der Waals surface area contributed by atoms with Crippen molar-refractivity contribution >= 4 is 17.3 Å². The van der Waals surface area contributed by atoms with Crippen molar-refractivity contribution in [3.8, 4) is 0 Å². The summed E-state index contributed by atoms with van der Waals surface area (Å²) < 4.78 is 51.0. The molecule has 0 saturated heterocycles. The van der Waals surface area contributed by atoms with E-state index in [4.69, 9.17) is 11.6 Å². The quantitative estimate of drug-likeness (QED) is 0.659. The summed E-state index contributed by atoms with van der Waals surface area (Å²) in [7, 11) is 0. The van der Waals surface area contributed by atoms with Gasteiger partial charge in [-0.3, -0.25) is 4.74 Å². The summed E-state index contributed by atoms with van der Waals surface area (Å²) in [4.78, 5) is 0. The van der Waals surface area contributed by atoms with Crippen molar-refractivity contribution < 1.29 is 22.3 Å². The molecular formula is C9H8ClF4NO. The zero-order valence-corrected chi connectivity index (χ0v) is 8.70. The van der Waals surface area contributed by atoms with Gasteiger partial charge in [-0.05, 0) is 18.2 Å². The maximum Gasteiger partial charge on any atom is 0.522 e. The van der Waals surface area contributed by atoms with Crippen LogP contribution in [0, 0.1) is 5.82 Å². The van der Waals surface area contributed by atoms with Gasteiger partial charge in [0, 0.05) is 6.54 Å². The molecule has 16 heavy (non-hydrogen) atoms. The first-order valence-electron chi connectivity index (χ1n) is 4.28. The van der Waals surface area contributed by atoms with Crippen LogP contribution in [0.1, 0.15) is 0 Å². The first kappa shape index (κ1) is 13.1. The zero-order chi connectivity index (χ0) is 12.2. The average Bonchev–Trinajstić information content (AvgIpc) is 2.16. The number of hydrogen-bond acceptors (Lipinski definition) is 2. The highest BCUT2D eigenvalue weighted by atomic mass is 35.5. The first-order chi connectivity index (χ1) is 7.38. The van der Waals surface area contributed by atoms with Gasteiger partial charge in [0.15, 0.2) is 0 Å². The number of halogens is 5. The molecule has 90 valence electrons. The lowest BCUT2D eigenvalue weighted by Gasteiger charge is -2.10. The van der Waals surface area contributed by atoms with Gasteiger partial charge < -0.3 is 5.32 Å². The topological polar surface area (TPSA) is 21.3 Å². The van der Waals surface area contributed by atoms with Crippen LogP contribution in [0.2, 0.25) is 5.02 Å². The maximum atomic E-state index is 12.7. The van der Waals surface area contributed by atoms with Crippen molar-refractivity contribution in [3.05, 3.63) is 29.0 Å². The van der Waals surface area contributed by atoms with Crippen molar-refractivity contribution in [3.63, 3.8) is 0 Å². The second-order valence-electron chi connectivity index (χ2n) is 2.85. The molecule has 1 rings (SSSR count). The Morgan fingerprint density at radius 3 is 2.62 bits per heavy atom. The summed E-state index contributed by atoms with van der Waals surface area (Å²) in [5.41, 5.74) is 0.229. The van der Waals surface area contributed by atoms with Crippen molar-refractivity contribution in [2.45, 2.75) is 6.36 Å². The highest BCUT2D eigenvalue weighted by molar-refractivity contribution is 6.33. The Hall–Kier alpha value is -1.01. The number of anilines is 1. The third-order valence-electron chi connectivity index (χ3n) is 1.61. The van der Waals surface area contributed by atoms with E-state index in [2.05, 4.69) is 10.1 Å². The highest BCUT2D eigenvalue weighted by Gasteiger charge is 2.28. The van der Waals surface area contributed by atoms with E-state index in [1.165, 1.54) is 6.07 Å². The zero-order valence-electron chi connectivity index (χ0n) is 7.94. The Labute approximate surface area is 94.2 Å². The Morgan fingerprint density at radius 2 is 2.00 bits per heavy atom. The summed E-state index contributed by atoms with van der Waals surface area (Å²) in [6, 6.07) is 3.56. The van der Waals surface area contributed by atoms with Crippen molar-refractivity contribution in [1.82, 2.24) is 0 Å². The monoisotopic (exact) mass is 257 g/mol. The molecule has 0 aliphatic rings. The molecule has 0 fully saturated rings. The fraction of sp³-hybridized carbons (Fsp3) is 0.333. The third kappa shape index (κ3) is 4.67. The summed E-state index contributed by atoms with van der Waals surface area (Å²) in [6.07, 6.45) is -4.66. The summed E-state index contributed by atoms with van der Waals surface area (Å²) in [5, 5.41) is 2.76. The summed E-state index contributed by atoms with van der Waals surface area (Å²) in [6.45, 7) is -0.695. The van der Waals surface area contributed by atoms with Crippen molar-refractivity contribution in [2.75, 3.05) is 18.5 Å². The molecule has 0 bridgehead atoms. The third-order valence-corrected chi connectivity index (χ3v) is 1.94. The smallest absolute Gasteiger partial charge is 0.381 e. The van der Waals surface area contributed by atoms with E-state index in [1.807, 2.05) is 0 Å². The molecule has 0 spiro atoms. The number of nitrogens with one attached hydrogen (secondary N) is 1. The highest BCUT2D eigenvalue weighted by Crippen LogP contribution is 2.22. The van der Waals surface area contributed by atoms with Gasteiger partial charge in [0.25, 0.3) is 0 Å². The van der Waals surface area contributed by atoms with Crippen LogP contribution >= 0.6 is 11.6 Å². The van der Waals surface area contributed by atoms with E-state index < -0.39 is 18.8 Å². The van der Waals surface area contributed by atoms with Crippen LogP contribution in [-0.2, 0) is 4.74 Å². The van der Waals surface area contributed by atoms with E-state index in [-0.39, 0.29) is 17.3 Å². The fourth-order valence-electron chi connectivity index (χ4n) is 0.985. The average molecular weight is 258 g/mol. The summed E-state index contributed by atoms with van der Waals surface area (Å²) >= 11 is 5.67. The molecule has 1 aromatic rings. The van der Waals surface area contributed by atoms with Gasteiger partial charge in [0.1, 0.15) is 5.82 Å². The predicted molar refractivity (Wildman–Crippen MR) is 51.9 cm³/mol. The van der Waals surface area contributed by atoms with Gasteiger partial charge in [0.05, 0.1) is 17.3 Å². The molecule has 0 aromatic heterocycles. The normalized spacial score (nSPS) is 11.6. The lowest BCUT2D eigenvalue weighted by atomic mass is 10.3. The van der Waals surface area contributed by atoms with Crippen LogP contribution < -0.4 is 5.32 Å². The minimum absolute atomic E-state index is 0.122. The fourth-order valence-corrected chi connectivity index (χ4v) is 1.17. The molecule has 0 heterocycles. The molecule has 7 heteroatoms. The molecule has 0 aliphatic heterocycles. The molecule has 0 unspecified atom stereocenters. The number of alkyl halides is 3. The molecular weight excluding hydrogens is 250 g/mol. The SMILES string of the molecule is Fc1ccc(Cl)c(NCCOC(F)(F)F)c1. The molecule has 1 aromatic carbocycles. The molecule has 0 amide bonds. The molecule has 0 aliphatic carbocycles. The first-order valence-corrected chi connectivity index (χ1v) is 4.66. The van der Waals surface area contributed by atoms with Crippen LogP contribution in [0.4, 0.5) is 23.2 Å². The van der Waals surface area contributed by atoms with Crippen molar-refractivity contribution in [2.24, 2.45) is 0 Å². The lowest BCUT2D eigenvalue weighted by Crippen LogP contribution is -2.19. The van der Waals surface area contributed by atoms with E-state index in [1.54, 1.807) is 0 Å². The Bertz CT molecular complexity index is 356. The number of hydrogen-bond donors (Lipinski definition) is 1. The lowest BCUT2D eigenvalue weighted by molar-refractivity contribution is -0.322. The van der Waals surface area contributed by atoms with E-state index in [9.17, 15) is 17.6 Å². The van der Waals surface area contributed by atoms with Crippen molar-refractivity contribution in [1.29, 1.82) is 0 Å². The molecule has 0 saturated carbocycles. The minimum Gasteiger partial charge on any atom is -0.381 e. The predicted octanol–water partition coefficient (Wildman–Crippen LogP) is 3.43. The van der Waals surface area contributed by atoms with E-state index in [0.29, 0.717) is 0 Å². The van der Waals surface area contributed by atoms with E-state index >= 15 is 0 Å². The van der Waals surface area contributed by atoms with E-state index in [0.717, 1.165) is 12.1 Å². The standard InChI is InChI=1S/C9H8ClF4NO/c10-7-2-1-6(11)5-8(7)15-3-4-16-9(12,13)14/h1-2,5,15H,3-4H2. The molecule has 0 radical (unpaired) electrons. The maximum absolute atomic E-state index is 12.7. The van der Waals surface area contributed by atoms with Crippen LogP contribution in [0.3, 0.4) is 0 Å². The summed E-state index contributed by atoms with van der Waals surface area (Å²) in [5.74, 6) is -0.524. The second kappa shape index (κ2) is 5.36. The molecule has 0 atom stereocenters. The van der Waals surface area contributed by atoms with Crippen LogP contribution in [0.5, 0.6) is 0 Å². The van der Waals surface area contributed by atoms with Gasteiger partial charge in [-0.2, -0.15) is 0 Å². The van der Waals surface area contributed by atoms with Gasteiger partial charge in [-0.1, -0.05) is 11.6 Å². The Kier molecular flexibility index (Phi) is 4.37. The Morgan fingerprint density at radius 1 is 1.31 bits per heavy atom. The number of ether oxygens (including phenoxy) is 1. The number of benzene rings is 1. The van der Waals surface area contributed by atoms with Gasteiger partial charge in [-0.15, -0.1) is 13.2 Å². The second-order valence-corrected chi connectivity index (χ2v) is 3.25.